The Morgan fingerprint density at radius 2 is 0.917 bits per heavy atom. The van der Waals surface area contributed by atoms with Crippen LogP contribution in [0.4, 0.5) is 0 Å². The molecule has 0 unspecified atom stereocenters. The van der Waals surface area contributed by atoms with Crippen molar-refractivity contribution in [2.24, 2.45) is 0 Å². The van der Waals surface area contributed by atoms with Crippen molar-refractivity contribution >= 4 is 23.5 Å². The summed E-state index contributed by atoms with van der Waals surface area (Å²) >= 11 is 4.41. The lowest BCUT2D eigenvalue weighted by atomic mass is 10.1. The van der Waals surface area contributed by atoms with Gasteiger partial charge in [-0.1, -0.05) is 0 Å². The Hall–Kier alpha value is 0.620. The summed E-state index contributed by atoms with van der Waals surface area (Å²) < 4.78 is 2.69. The van der Waals surface area contributed by atoms with E-state index in [1.54, 1.807) is 0 Å². The van der Waals surface area contributed by atoms with E-state index in [2.05, 4.69) is 37.6 Å². The molecule has 24 heavy (non-hydrogen) atoms. The summed E-state index contributed by atoms with van der Waals surface area (Å²) in [5, 5.41) is 0. The van der Waals surface area contributed by atoms with Crippen molar-refractivity contribution in [2.75, 3.05) is 76.4 Å². The van der Waals surface area contributed by atoms with E-state index in [1.807, 2.05) is 0 Å². The van der Waals surface area contributed by atoms with Gasteiger partial charge in [-0.3, -0.25) is 0 Å². The molecule has 142 valence electrons. The molecular weight excluding hydrogens is 332 g/mol. The van der Waals surface area contributed by atoms with Crippen LogP contribution in [0.15, 0.2) is 0 Å². The fourth-order valence-corrected chi connectivity index (χ4v) is 6.55. The molecule has 0 N–H and O–H groups in total. The van der Waals surface area contributed by atoms with E-state index >= 15 is 0 Å². The van der Waals surface area contributed by atoms with Crippen molar-refractivity contribution in [3.05, 3.63) is 0 Å². The van der Waals surface area contributed by atoms with E-state index in [0.29, 0.717) is 0 Å². The zero-order valence-corrected chi connectivity index (χ0v) is 18.1. The molecule has 0 radical (unpaired) electrons. The number of hydrogen-bond acceptors (Lipinski definition) is 2. The van der Waals surface area contributed by atoms with Gasteiger partial charge in [-0.2, -0.15) is 23.5 Å². The van der Waals surface area contributed by atoms with Crippen LogP contribution < -0.4 is 0 Å². The zero-order valence-electron chi connectivity index (χ0n) is 16.4. The summed E-state index contributed by atoms with van der Waals surface area (Å²) in [4.78, 5) is 0. The molecule has 2 aliphatic rings. The van der Waals surface area contributed by atoms with Crippen LogP contribution in [0, 0.1) is 0 Å². The molecule has 0 saturated carbocycles. The monoisotopic (exact) mass is 374 g/mol. The van der Waals surface area contributed by atoms with Gasteiger partial charge in [-0.15, -0.1) is 0 Å². The Balaban J connectivity index is 1.36. The number of piperidine rings is 2. The van der Waals surface area contributed by atoms with Gasteiger partial charge in [0.2, 0.25) is 0 Å². The second kappa shape index (κ2) is 11.4. The molecule has 0 aliphatic carbocycles. The first-order chi connectivity index (χ1) is 11.6. The van der Waals surface area contributed by atoms with Gasteiger partial charge in [-0.25, -0.2) is 0 Å². The molecule has 0 spiro atoms. The number of quaternary nitrogens is 2. The number of hydrogen-bond donors (Lipinski definition) is 0. The summed E-state index contributed by atoms with van der Waals surface area (Å²) in [6.45, 7) is 8.50. The second-order valence-corrected chi connectivity index (χ2v) is 11.1. The van der Waals surface area contributed by atoms with Crippen molar-refractivity contribution in [3.8, 4) is 0 Å². The lowest BCUT2D eigenvalue weighted by Gasteiger charge is -2.37. The molecule has 0 bridgehead atoms. The average molecular weight is 375 g/mol. The summed E-state index contributed by atoms with van der Waals surface area (Å²) in [5.41, 5.74) is 0. The van der Waals surface area contributed by atoms with E-state index in [9.17, 15) is 0 Å². The normalized spacial score (nSPS) is 23.2. The summed E-state index contributed by atoms with van der Waals surface area (Å²) in [6.07, 6.45) is 11.6. The van der Waals surface area contributed by atoms with Gasteiger partial charge in [0.25, 0.3) is 0 Å². The SMILES string of the molecule is C[N+]1(CCSCCCCSCC[N+]2(C)CCCCC2)CCCCC1. The Morgan fingerprint density at radius 1 is 0.542 bits per heavy atom. The number of rotatable bonds is 11. The molecule has 0 aromatic heterocycles. The third-order valence-corrected chi connectivity index (χ3v) is 8.27. The minimum Gasteiger partial charge on any atom is -0.325 e. The maximum Gasteiger partial charge on any atom is 0.0876 e. The maximum absolute atomic E-state index is 2.47. The van der Waals surface area contributed by atoms with Crippen LogP contribution in [0.3, 0.4) is 0 Å². The first-order valence-corrected chi connectivity index (χ1v) is 12.8. The molecule has 2 saturated heterocycles. The average Bonchev–Trinajstić information content (AvgIpc) is 2.58. The molecule has 2 rings (SSSR count). The van der Waals surface area contributed by atoms with E-state index in [0.717, 1.165) is 0 Å². The predicted molar refractivity (Wildman–Crippen MR) is 113 cm³/mol. The third-order valence-electron chi connectivity index (χ3n) is 6.17. The Bertz CT molecular complexity index is 292. The summed E-state index contributed by atoms with van der Waals surface area (Å²) in [5.74, 6) is 5.52. The highest BCUT2D eigenvalue weighted by Crippen LogP contribution is 2.19. The smallest absolute Gasteiger partial charge is 0.0876 e. The Morgan fingerprint density at radius 3 is 1.29 bits per heavy atom. The first kappa shape index (κ1) is 20.9. The van der Waals surface area contributed by atoms with E-state index in [4.69, 9.17) is 0 Å². The molecule has 0 aromatic carbocycles. The first-order valence-electron chi connectivity index (χ1n) is 10.4. The van der Waals surface area contributed by atoms with Gasteiger partial charge >= 0.3 is 0 Å². The van der Waals surface area contributed by atoms with Gasteiger partial charge in [0.1, 0.15) is 0 Å². The fourth-order valence-electron chi connectivity index (χ4n) is 4.18. The van der Waals surface area contributed by atoms with Crippen molar-refractivity contribution in [1.29, 1.82) is 0 Å². The van der Waals surface area contributed by atoms with Crippen LogP contribution in [0.25, 0.3) is 0 Å². The molecule has 0 atom stereocenters. The van der Waals surface area contributed by atoms with E-state index in [-0.39, 0.29) is 0 Å². The molecule has 0 amide bonds. The molecule has 2 aliphatic heterocycles. The fraction of sp³-hybridized carbons (Fsp3) is 1.00. The van der Waals surface area contributed by atoms with Crippen LogP contribution in [0.2, 0.25) is 0 Å². The minimum absolute atomic E-state index is 1.35. The largest absolute Gasteiger partial charge is 0.325 e. The van der Waals surface area contributed by atoms with Crippen molar-refractivity contribution in [1.82, 2.24) is 0 Å². The quantitative estimate of drug-likeness (QED) is 0.386. The minimum atomic E-state index is 1.35. The molecule has 2 heterocycles. The van der Waals surface area contributed by atoms with Gasteiger partial charge in [0.15, 0.2) is 0 Å². The van der Waals surface area contributed by atoms with Gasteiger partial charge < -0.3 is 8.97 Å². The third kappa shape index (κ3) is 8.33. The van der Waals surface area contributed by atoms with Gasteiger partial charge in [-0.05, 0) is 62.9 Å². The Kier molecular flexibility index (Phi) is 9.90. The van der Waals surface area contributed by atoms with Crippen molar-refractivity contribution < 1.29 is 8.97 Å². The van der Waals surface area contributed by atoms with E-state index in [1.165, 1.54) is 123 Å². The highest BCUT2D eigenvalue weighted by Gasteiger charge is 2.24. The van der Waals surface area contributed by atoms with Crippen LogP contribution in [0.5, 0.6) is 0 Å². The summed E-state index contributed by atoms with van der Waals surface area (Å²) in [7, 11) is 4.95. The lowest BCUT2D eigenvalue weighted by Crippen LogP contribution is -2.49. The molecule has 2 nitrogen and oxygen atoms in total. The maximum atomic E-state index is 2.47. The number of nitrogens with zero attached hydrogens (tertiary/aromatic N) is 2. The van der Waals surface area contributed by atoms with Crippen molar-refractivity contribution in [2.45, 2.75) is 51.4 Å². The van der Waals surface area contributed by atoms with Crippen LogP contribution in [-0.4, -0.2) is 85.3 Å². The molecular formula is C20H42N2S2+2. The number of likely N-dealkylation sites (tertiary alicyclic amines) is 2. The Labute approximate surface area is 160 Å². The second-order valence-electron chi connectivity index (χ2n) is 8.63. The highest BCUT2D eigenvalue weighted by molar-refractivity contribution is 7.99. The van der Waals surface area contributed by atoms with Crippen molar-refractivity contribution in [3.63, 3.8) is 0 Å². The summed E-state index contributed by atoms with van der Waals surface area (Å²) in [6, 6.07) is 0. The highest BCUT2D eigenvalue weighted by atomic mass is 32.2. The lowest BCUT2D eigenvalue weighted by molar-refractivity contribution is -0.911. The number of thioether (sulfide) groups is 2. The molecule has 2 fully saturated rings. The van der Waals surface area contributed by atoms with Crippen LogP contribution >= 0.6 is 23.5 Å². The van der Waals surface area contributed by atoms with Gasteiger partial charge in [0, 0.05) is 11.5 Å². The van der Waals surface area contributed by atoms with Crippen LogP contribution in [-0.2, 0) is 0 Å². The van der Waals surface area contributed by atoms with Crippen LogP contribution in [0.1, 0.15) is 51.4 Å². The topological polar surface area (TPSA) is 0 Å². The molecule has 4 heteroatoms. The predicted octanol–water partition coefficient (Wildman–Crippen LogP) is 4.49. The number of unbranched alkanes of at least 4 members (excludes halogenated alkanes) is 1. The zero-order chi connectivity index (χ0) is 17.1. The standard InChI is InChI=1S/C20H42N2S2/c1-21(11-5-3-6-12-21)15-19-23-17-9-10-18-24-20-16-22(2)13-7-4-8-14-22/h3-20H2,1-2H3/q+2. The van der Waals surface area contributed by atoms with Gasteiger partial charge in [0.05, 0.1) is 53.4 Å². The van der Waals surface area contributed by atoms with E-state index < -0.39 is 0 Å². The molecule has 0 aromatic rings.